The van der Waals surface area contributed by atoms with Crippen molar-refractivity contribution in [1.82, 2.24) is 15.5 Å². The number of rotatable bonds is 7. The Labute approximate surface area is 127 Å². The minimum atomic E-state index is -0.0455. The van der Waals surface area contributed by atoms with Gasteiger partial charge in [0.2, 0.25) is 11.7 Å². The van der Waals surface area contributed by atoms with Crippen LogP contribution >= 0.6 is 0 Å². The molecule has 1 N–H and O–H groups in total. The summed E-state index contributed by atoms with van der Waals surface area (Å²) >= 11 is 0. The Morgan fingerprint density at radius 3 is 2.76 bits per heavy atom. The Hall–Kier alpha value is -0.940. The highest BCUT2D eigenvalue weighted by Crippen LogP contribution is 2.32. The van der Waals surface area contributed by atoms with Crippen LogP contribution in [-0.4, -0.2) is 29.3 Å². The van der Waals surface area contributed by atoms with Crippen LogP contribution in [0.15, 0.2) is 4.52 Å². The monoisotopic (exact) mass is 295 g/mol. The van der Waals surface area contributed by atoms with Crippen LogP contribution in [0.5, 0.6) is 0 Å². The summed E-state index contributed by atoms with van der Waals surface area (Å²) in [4.78, 5) is 4.66. The summed E-state index contributed by atoms with van der Waals surface area (Å²) < 4.78 is 11.3. The van der Waals surface area contributed by atoms with Crippen molar-refractivity contribution in [2.24, 2.45) is 0 Å². The number of likely N-dealkylation sites (N-methyl/N-ethyl adjacent to an activating group) is 1. The summed E-state index contributed by atoms with van der Waals surface area (Å²) in [5, 5.41) is 7.76. The lowest BCUT2D eigenvalue weighted by atomic mass is 9.94. The van der Waals surface area contributed by atoms with Gasteiger partial charge in [0, 0.05) is 12.6 Å². The van der Waals surface area contributed by atoms with E-state index >= 15 is 0 Å². The van der Waals surface area contributed by atoms with E-state index in [0.717, 1.165) is 25.3 Å². The van der Waals surface area contributed by atoms with Crippen LogP contribution in [-0.2, 0) is 4.74 Å². The second-order valence-corrected chi connectivity index (χ2v) is 5.75. The molecule has 5 heteroatoms. The van der Waals surface area contributed by atoms with E-state index in [1.54, 1.807) is 0 Å². The molecule has 0 saturated heterocycles. The van der Waals surface area contributed by atoms with Crippen molar-refractivity contribution in [1.29, 1.82) is 0 Å². The number of nitrogens with one attached hydrogen (secondary N) is 1. The van der Waals surface area contributed by atoms with Gasteiger partial charge in [-0.15, -0.1) is 0 Å². The molecule has 0 amide bonds. The van der Waals surface area contributed by atoms with Gasteiger partial charge >= 0.3 is 0 Å². The molecule has 5 nitrogen and oxygen atoms in total. The fraction of sp³-hybridized carbons (Fsp3) is 0.875. The minimum Gasteiger partial charge on any atom is -0.370 e. The number of hydrogen-bond acceptors (Lipinski definition) is 5. The van der Waals surface area contributed by atoms with Gasteiger partial charge < -0.3 is 14.6 Å². The van der Waals surface area contributed by atoms with Crippen LogP contribution in [0.2, 0.25) is 0 Å². The SMILES string of the molecule is CCNC1CCCCCC1c1nc(C(CC)OCC)no1. The van der Waals surface area contributed by atoms with Crippen LogP contribution in [0.4, 0.5) is 0 Å². The van der Waals surface area contributed by atoms with Gasteiger partial charge in [-0.25, -0.2) is 0 Å². The summed E-state index contributed by atoms with van der Waals surface area (Å²) in [6.45, 7) is 7.90. The first kappa shape index (κ1) is 16.4. The molecule has 1 aliphatic rings. The normalized spacial score (nSPS) is 24.7. The molecule has 3 atom stereocenters. The molecule has 21 heavy (non-hydrogen) atoms. The van der Waals surface area contributed by atoms with Crippen LogP contribution in [0.25, 0.3) is 0 Å². The molecule has 2 rings (SSSR count). The third-order valence-corrected chi connectivity index (χ3v) is 4.28. The molecule has 120 valence electrons. The predicted octanol–water partition coefficient (Wildman–Crippen LogP) is 3.58. The molecule has 1 heterocycles. The fourth-order valence-electron chi connectivity index (χ4n) is 3.21. The van der Waals surface area contributed by atoms with Crippen molar-refractivity contribution in [2.75, 3.05) is 13.2 Å². The zero-order chi connectivity index (χ0) is 15.1. The third kappa shape index (κ3) is 4.27. The van der Waals surface area contributed by atoms with Crippen LogP contribution in [0.3, 0.4) is 0 Å². The zero-order valence-corrected chi connectivity index (χ0v) is 13.6. The van der Waals surface area contributed by atoms with Crippen molar-refractivity contribution >= 4 is 0 Å². The van der Waals surface area contributed by atoms with Crippen molar-refractivity contribution in [3.63, 3.8) is 0 Å². The number of aromatic nitrogens is 2. The third-order valence-electron chi connectivity index (χ3n) is 4.28. The van der Waals surface area contributed by atoms with E-state index < -0.39 is 0 Å². The standard InChI is InChI=1S/C16H29N3O2/c1-4-14(20-6-3)15-18-16(21-19-15)12-10-8-7-9-11-13(12)17-5-2/h12-14,17H,4-11H2,1-3H3. The van der Waals surface area contributed by atoms with Gasteiger partial charge in [0.05, 0.1) is 5.92 Å². The van der Waals surface area contributed by atoms with Gasteiger partial charge in [-0.3, -0.25) is 0 Å². The van der Waals surface area contributed by atoms with Gasteiger partial charge in [0.1, 0.15) is 6.10 Å². The molecule has 0 aromatic carbocycles. The van der Waals surface area contributed by atoms with E-state index in [1.807, 2.05) is 6.92 Å². The maximum absolute atomic E-state index is 5.68. The van der Waals surface area contributed by atoms with E-state index in [4.69, 9.17) is 9.26 Å². The summed E-state index contributed by atoms with van der Waals surface area (Å²) in [7, 11) is 0. The van der Waals surface area contributed by atoms with Gasteiger partial charge in [-0.2, -0.15) is 4.98 Å². The highest BCUT2D eigenvalue weighted by atomic mass is 16.5. The van der Waals surface area contributed by atoms with Gasteiger partial charge in [-0.05, 0) is 32.7 Å². The average molecular weight is 295 g/mol. The Morgan fingerprint density at radius 1 is 1.24 bits per heavy atom. The quantitative estimate of drug-likeness (QED) is 0.779. The van der Waals surface area contributed by atoms with Crippen molar-refractivity contribution in [2.45, 2.75) is 77.4 Å². The lowest BCUT2D eigenvalue weighted by Crippen LogP contribution is -2.34. The smallest absolute Gasteiger partial charge is 0.231 e. The molecule has 3 unspecified atom stereocenters. The molecular formula is C16H29N3O2. The van der Waals surface area contributed by atoms with E-state index in [0.29, 0.717) is 24.4 Å². The van der Waals surface area contributed by atoms with E-state index in [1.165, 1.54) is 25.7 Å². The second kappa shape index (κ2) is 8.49. The molecular weight excluding hydrogens is 266 g/mol. The van der Waals surface area contributed by atoms with Gasteiger partial charge in [-0.1, -0.05) is 38.3 Å². The molecule has 1 aliphatic carbocycles. The molecule has 1 saturated carbocycles. The summed E-state index contributed by atoms with van der Waals surface area (Å²) in [5.74, 6) is 1.83. The first-order valence-electron chi connectivity index (χ1n) is 8.48. The van der Waals surface area contributed by atoms with E-state index in [2.05, 4.69) is 29.3 Å². The topological polar surface area (TPSA) is 60.2 Å². The zero-order valence-electron chi connectivity index (χ0n) is 13.6. The molecule has 1 aromatic heterocycles. The Balaban J connectivity index is 2.13. The fourth-order valence-corrected chi connectivity index (χ4v) is 3.21. The largest absolute Gasteiger partial charge is 0.370 e. The van der Waals surface area contributed by atoms with Crippen molar-refractivity contribution < 1.29 is 9.26 Å². The molecule has 1 fully saturated rings. The number of hydrogen-bond donors (Lipinski definition) is 1. The molecule has 0 radical (unpaired) electrons. The molecule has 0 spiro atoms. The van der Waals surface area contributed by atoms with Crippen LogP contribution in [0, 0.1) is 0 Å². The Morgan fingerprint density at radius 2 is 2.05 bits per heavy atom. The first-order valence-corrected chi connectivity index (χ1v) is 8.48. The number of ether oxygens (including phenoxy) is 1. The van der Waals surface area contributed by atoms with Crippen molar-refractivity contribution in [3.05, 3.63) is 11.7 Å². The van der Waals surface area contributed by atoms with E-state index in [-0.39, 0.29) is 6.10 Å². The van der Waals surface area contributed by atoms with Crippen LogP contribution in [0.1, 0.15) is 83.0 Å². The molecule has 0 aliphatic heterocycles. The summed E-state index contributed by atoms with van der Waals surface area (Å²) in [5.41, 5.74) is 0. The van der Waals surface area contributed by atoms with Crippen LogP contribution < -0.4 is 5.32 Å². The second-order valence-electron chi connectivity index (χ2n) is 5.75. The Kier molecular flexibility index (Phi) is 6.64. The van der Waals surface area contributed by atoms with Gasteiger partial charge in [0.25, 0.3) is 0 Å². The lowest BCUT2D eigenvalue weighted by Gasteiger charge is -2.22. The minimum absolute atomic E-state index is 0.0455. The summed E-state index contributed by atoms with van der Waals surface area (Å²) in [6, 6.07) is 0.456. The maximum atomic E-state index is 5.68. The molecule has 0 bridgehead atoms. The first-order chi connectivity index (χ1) is 10.3. The highest BCUT2D eigenvalue weighted by molar-refractivity contribution is 5.02. The van der Waals surface area contributed by atoms with Crippen molar-refractivity contribution in [3.8, 4) is 0 Å². The highest BCUT2D eigenvalue weighted by Gasteiger charge is 2.30. The summed E-state index contributed by atoms with van der Waals surface area (Å²) in [6.07, 6.45) is 6.97. The number of nitrogens with zero attached hydrogens (tertiary/aromatic N) is 2. The van der Waals surface area contributed by atoms with E-state index in [9.17, 15) is 0 Å². The molecule has 1 aromatic rings. The lowest BCUT2D eigenvalue weighted by molar-refractivity contribution is 0.0518. The Bertz CT molecular complexity index is 408. The maximum Gasteiger partial charge on any atom is 0.231 e. The van der Waals surface area contributed by atoms with Gasteiger partial charge in [0.15, 0.2) is 0 Å². The average Bonchev–Trinajstić information content (AvgIpc) is 2.86. The predicted molar refractivity (Wildman–Crippen MR) is 82.2 cm³/mol.